The molecular formula is C25H34O12. The van der Waals surface area contributed by atoms with E-state index in [1.165, 1.54) is 21.0 Å². The second kappa shape index (κ2) is 14.4. The standard InChI is InChI=1S/C25H34O12/c1-14(26)33-13-21-22(34-15(2)27)23(35-16(3)28)24(36-17(4)29)25(37-21)32-11-7-6-8-18-9-10-19(30)20(12-18)31-5/h9-10,12,21-25,30H,6-8,11,13H2,1-5H3/t21-,22-,23+,24-,25-/m1/s1. The number of aryl methyl sites for hydroxylation is 1. The van der Waals surface area contributed by atoms with Crippen LogP contribution in [-0.2, 0) is 54.0 Å². The number of rotatable bonds is 12. The molecule has 12 heteroatoms. The summed E-state index contributed by atoms with van der Waals surface area (Å²) in [6, 6.07) is 5.09. The van der Waals surface area contributed by atoms with Crippen molar-refractivity contribution in [3.05, 3.63) is 23.8 Å². The molecule has 1 saturated heterocycles. The van der Waals surface area contributed by atoms with Crippen molar-refractivity contribution in [3.8, 4) is 11.5 Å². The van der Waals surface area contributed by atoms with E-state index in [2.05, 4.69) is 0 Å². The van der Waals surface area contributed by atoms with Crippen LogP contribution in [-0.4, -0.2) is 80.0 Å². The molecule has 0 amide bonds. The van der Waals surface area contributed by atoms with E-state index >= 15 is 0 Å². The molecule has 0 unspecified atom stereocenters. The number of carbonyl (C=O) groups excluding carboxylic acids is 4. The molecule has 0 radical (unpaired) electrons. The number of methoxy groups -OCH3 is 1. The summed E-state index contributed by atoms with van der Waals surface area (Å²) in [4.78, 5) is 46.9. The first kappa shape index (κ1) is 29.8. The zero-order chi connectivity index (χ0) is 27.5. The lowest BCUT2D eigenvalue weighted by Crippen LogP contribution is -2.63. The Morgan fingerprint density at radius 2 is 1.49 bits per heavy atom. The maximum Gasteiger partial charge on any atom is 0.303 e. The van der Waals surface area contributed by atoms with Crippen LogP contribution in [0.25, 0.3) is 0 Å². The van der Waals surface area contributed by atoms with Crippen LogP contribution in [0.1, 0.15) is 46.1 Å². The average Bonchev–Trinajstić information content (AvgIpc) is 2.81. The number of carbonyl (C=O) groups is 4. The van der Waals surface area contributed by atoms with Crippen molar-refractivity contribution in [1.82, 2.24) is 0 Å². The molecule has 206 valence electrons. The number of benzene rings is 1. The number of aromatic hydroxyl groups is 1. The number of phenols is 1. The SMILES string of the molecule is COc1cc(CCCCO[C@@H]2O[C@H](COC(C)=O)[C@@H](OC(C)=O)[C@H](OC(C)=O)[C@H]2OC(C)=O)ccc1O. The quantitative estimate of drug-likeness (QED) is 0.240. The van der Waals surface area contributed by atoms with Crippen LogP contribution in [0.2, 0.25) is 0 Å². The molecule has 0 spiro atoms. The summed E-state index contributed by atoms with van der Waals surface area (Å²) >= 11 is 0. The summed E-state index contributed by atoms with van der Waals surface area (Å²) in [7, 11) is 1.47. The van der Waals surface area contributed by atoms with E-state index in [9.17, 15) is 24.3 Å². The van der Waals surface area contributed by atoms with E-state index in [1.54, 1.807) is 18.2 Å². The molecule has 1 heterocycles. The Hall–Kier alpha value is -3.38. The third-order valence-corrected chi connectivity index (χ3v) is 5.33. The van der Waals surface area contributed by atoms with Crippen molar-refractivity contribution < 1.29 is 57.4 Å². The van der Waals surface area contributed by atoms with Gasteiger partial charge in [-0.05, 0) is 37.0 Å². The van der Waals surface area contributed by atoms with Crippen LogP contribution < -0.4 is 4.74 Å². The molecule has 1 N–H and O–H groups in total. The molecule has 2 rings (SSSR count). The maximum absolute atomic E-state index is 11.9. The highest BCUT2D eigenvalue weighted by Crippen LogP contribution is 2.30. The van der Waals surface area contributed by atoms with E-state index in [1.807, 2.05) is 0 Å². The molecule has 12 nitrogen and oxygen atoms in total. The van der Waals surface area contributed by atoms with Gasteiger partial charge in [0.2, 0.25) is 0 Å². The number of hydrogen-bond acceptors (Lipinski definition) is 12. The fraction of sp³-hybridized carbons (Fsp3) is 0.600. The predicted molar refractivity (Wildman–Crippen MR) is 126 cm³/mol. The summed E-state index contributed by atoms with van der Waals surface area (Å²) < 4.78 is 38.0. The minimum absolute atomic E-state index is 0.0539. The van der Waals surface area contributed by atoms with Gasteiger partial charge in [0, 0.05) is 34.3 Å². The molecule has 5 atom stereocenters. The summed E-state index contributed by atoms with van der Waals surface area (Å²) in [5, 5.41) is 9.73. The summed E-state index contributed by atoms with van der Waals surface area (Å²) in [6.07, 6.45) is -4.04. The van der Waals surface area contributed by atoms with Crippen molar-refractivity contribution in [3.63, 3.8) is 0 Å². The zero-order valence-electron chi connectivity index (χ0n) is 21.6. The first-order chi connectivity index (χ1) is 17.5. The van der Waals surface area contributed by atoms with Crippen molar-refractivity contribution in [2.45, 2.75) is 77.7 Å². The highest BCUT2D eigenvalue weighted by Gasteiger charge is 2.52. The molecule has 1 aliphatic heterocycles. The van der Waals surface area contributed by atoms with Crippen LogP contribution >= 0.6 is 0 Å². The highest BCUT2D eigenvalue weighted by atomic mass is 16.7. The number of ether oxygens (including phenoxy) is 7. The maximum atomic E-state index is 11.9. The normalized spacial score (nSPS) is 23.0. The van der Waals surface area contributed by atoms with Gasteiger partial charge in [-0.3, -0.25) is 19.2 Å². The largest absolute Gasteiger partial charge is 0.504 e. The smallest absolute Gasteiger partial charge is 0.303 e. The van der Waals surface area contributed by atoms with E-state index in [0.29, 0.717) is 25.0 Å². The summed E-state index contributed by atoms with van der Waals surface area (Å²) in [6.45, 7) is 4.54. The van der Waals surface area contributed by atoms with Gasteiger partial charge in [-0.15, -0.1) is 0 Å². The third-order valence-electron chi connectivity index (χ3n) is 5.33. The van der Waals surface area contributed by atoms with Gasteiger partial charge < -0.3 is 38.3 Å². The Morgan fingerprint density at radius 1 is 0.865 bits per heavy atom. The van der Waals surface area contributed by atoms with E-state index in [0.717, 1.165) is 19.4 Å². The fourth-order valence-corrected chi connectivity index (χ4v) is 3.83. The van der Waals surface area contributed by atoms with Gasteiger partial charge in [-0.2, -0.15) is 0 Å². The van der Waals surface area contributed by atoms with Crippen LogP contribution in [0.5, 0.6) is 11.5 Å². The van der Waals surface area contributed by atoms with Gasteiger partial charge in [0.15, 0.2) is 36.1 Å². The second-order valence-electron chi connectivity index (χ2n) is 8.40. The van der Waals surface area contributed by atoms with Crippen molar-refractivity contribution in [1.29, 1.82) is 0 Å². The number of phenolic OH excluding ortho intramolecular Hbond substituents is 1. The lowest BCUT2D eigenvalue weighted by Gasteiger charge is -2.44. The van der Waals surface area contributed by atoms with Crippen LogP contribution in [0.15, 0.2) is 18.2 Å². The molecule has 0 aromatic heterocycles. The fourth-order valence-electron chi connectivity index (χ4n) is 3.83. The van der Waals surface area contributed by atoms with Crippen LogP contribution in [0.4, 0.5) is 0 Å². The van der Waals surface area contributed by atoms with Crippen molar-refractivity contribution in [2.75, 3.05) is 20.3 Å². The average molecular weight is 527 g/mol. The molecule has 0 bridgehead atoms. The Labute approximate surface area is 215 Å². The molecule has 37 heavy (non-hydrogen) atoms. The predicted octanol–water partition coefficient (Wildman–Crippen LogP) is 1.82. The zero-order valence-corrected chi connectivity index (χ0v) is 21.6. The first-order valence-corrected chi connectivity index (χ1v) is 11.8. The van der Waals surface area contributed by atoms with Crippen molar-refractivity contribution in [2.24, 2.45) is 0 Å². The van der Waals surface area contributed by atoms with E-state index < -0.39 is 54.6 Å². The lowest BCUT2D eigenvalue weighted by molar-refractivity contribution is -0.308. The van der Waals surface area contributed by atoms with Gasteiger partial charge in [0.1, 0.15) is 12.7 Å². The molecule has 1 aromatic carbocycles. The Kier molecular flexibility index (Phi) is 11.6. The topological polar surface area (TPSA) is 153 Å². The van der Waals surface area contributed by atoms with Crippen LogP contribution in [0.3, 0.4) is 0 Å². The van der Waals surface area contributed by atoms with Crippen LogP contribution in [0, 0.1) is 0 Å². The highest BCUT2D eigenvalue weighted by molar-refractivity contribution is 5.68. The Morgan fingerprint density at radius 3 is 2.08 bits per heavy atom. The Bertz CT molecular complexity index is 946. The lowest BCUT2D eigenvalue weighted by atomic mass is 9.98. The molecule has 0 saturated carbocycles. The van der Waals surface area contributed by atoms with E-state index in [4.69, 9.17) is 33.2 Å². The molecular weight excluding hydrogens is 492 g/mol. The molecule has 1 aliphatic rings. The monoisotopic (exact) mass is 526 g/mol. The summed E-state index contributed by atoms with van der Waals surface area (Å²) in [5.41, 5.74) is 0.960. The summed E-state index contributed by atoms with van der Waals surface area (Å²) in [5.74, 6) is -2.27. The van der Waals surface area contributed by atoms with E-state index in [-0.39, 0.29) is 19.0 Å². The van der Waals surface area contributed by atoms with Crippen molar-refractivity contribution >= 4 is 23.9 Å². The molecule has 0 aliphatic carbocycles. The van der Waals surface area contributed by atoms with Gasteiger partial charge in [0.25, 0.3) is 0 Å². The minimum atomic E-state index is -1.27. The molecule has 1 aromatic rings. The number of hydrogen-bond donors (Lipinski definition) is 1. The van der Waals surface area contributed by atoms with Gasteiger partial charge in [-0.25, -0.2) is 0 Å². The third kappa shape index (κ3) is 9.54. The first-order valence-electron chi connectivity index (χ1n) is 11.8. The van der Waals surface area contributed by atoms with Gasteiger partial charge >= 0.3 is 23.9 Å². The second-order valence-corrected chi connectivity index (χ2v) is 8.40. The number of unbranched alkanes of at least 4 members (excludes halogenated alkanes) is 1. The van der Waals surface area contributed by atoms with Gasteiger partial charge in [-0.1, -0.05) is 6.07 Å². The number of esters is 4. The molecule has 1 fully saturated rings. The Balaban J connectivity index is 2.13. The van der Waals surface area contributed by atoms with Gasteiger partial charge in [0.05, 0.1) is 7.11 Å². The minimum Gasteiger partial charge on any atom is -0.504 e.